The minimum absolute atomic E-state index is 0.0128. The Kier molecular flexibility index (Phi) is 4.28. The molecule has 1 aromatic rings. The number of amides is 2. The van der Waals surface area contributed by atoms with Gasteiger partial charge in [-0.15, -0.1) is 0 Å². The van der Waals surface area contributed by atoms with Crippen LogP contribution in [0.5, 0.6) is 0 Å². The summed E-state index contributed by atoms with van der Waals surface area (Å²) in [6, 6.07) is 6.69. The van der Waals surface area contributed by atoms with Gasteiger partial charge in [-0.3, -0.25) is 9.59 Å². The van der Waals surface area contributed by atoms with Crippen molar-refractivity contribution in [3.63, 3.8) is 0 Å². The summed E-state index contributed by atoms with van der Waals surface area (Å²) >= 11 is 0. The van der Waals surface area contributed by atoms with Gasteiger partial charge in [0.15, 0.2) is 0 Å². The first kappa shape index (κ1) is 16.5. The average molecular weight is 324 g/mol. The molecule has 6 nitrogen and oxygen atoms in total. The van der Waals surface area contributed by atoms with E-state index in [-0.39, 0.29) is 17.7 Å². The number of hydrogen-bond donors (Lipinski definition) is 1. The third-order valence-corrected chi connectivity index (χ3v) is 5.11. The zero-order valence-corrected chi connectivity index (χ0v) is 13.7. The topological polar surface area (TPSA) is 83.6 Å². The van der Waals surface area contributed by atoms with E-state index in [4.69, 9.17) is 0 Å². The van der Waals surface area contributed by atoms with Crippen LogP contribution in [-0.2, 0) is 19.6 Å². The molecule has 2 rings (SSSR count). The van der Waals surface area contributed by atoms with Crippen molar-refractivity contribution in [3.8, 4) is 0 Å². The van der Waals surface area contributed by atoms with E-state index in [2.05, 4.69) is 5.32 Å². The number of carbonyl (C=O) groups is 2. The molecule has 7 heteroatoms. The van der Waals surface area contributed by atoms with Gasteiger partial charge in [0.1, 0.15) is 6.04 Å². The van der Waals surface area contributed by atoms with E-state index in [9.17, 15) is 18.0 Å². The minimum Gasteiger partial charge on any atom is -0.350 e. The molecule has 0 bridgehead atoms. The van der Waals surface area contributed by atoms with Gasteiger partial charge in [-0.05, 0) is 39.3 Å². The number of nitrogens with zero attached hydrogens (tertiary/aromatic N) is 1. The molecule has 120 valence electrons. The highest BCUT2D eigenvalue weighted by atomic mass is 32.2. The summed E-state index contributed by atoms with van der Waals surface area (Å²) in [5, 5.41) is 2.74. The van der Waals surface area contributed by atoms with Gasteiger partial charge in [-0.2, -0.15) is 0 Å². The average Bonchev–Trinajstić information content (AvgIpc) is 2.80. The lowest BCUT2D eigenvalue weighted by atomic mass is 10.1. The maximum Gasteiger partial charge on any atom is 0.267 e. The second-order valence-electron chi connectivity index (χ2n) is 6.30. The molecule has 0 saturated carbocycles. The summed E-state index contributed by atoms with van der Waals surface area (Å²) in [7, 11) is -4.01. The minimum atomic E-state index is -4.01. The molecule has 1 fully saturated rings. The normalized spacial score (nSPS) is 19.3. The fraction of sp³-hybridized carbons (Fsp3) is 0.467. The van der Waals surface area contributed by atoms with Crippen molar-refractivity contribution in [2.24, 2.45) is 0 Å². The highest BCUT2D eigenvalue weighted by Crippen LogP contribution is 2.27. The van der Waals surface area contributed by atoms with Crippen molar-refractivity contribution in [3.05, 3.63) is 30.3 Å². The molecule has 1 heterocycles. The van der Waals surface area contributed by atoms with Crippen LogP contribution in [-0.4, -0.2) is 36.1 Å². The van der Waals surface area contributed by atoms with E-state index in [0.717, 1.165) is 4.31 Å². The van der Waals surface area contributed by atoms with Gasteiger partial charge in [0.05, 0.1) is 4.90 Å². The van der Waals surface area contributed by atoms with Crippen LogP contribution in [0.25, 0.3) is 0 Å². The molecule has 0 radical (unpaired) electrons. The molecule has 1 unspecified atom stereocenters. The fourth-order valence-corrected chi connectivity index (χ4v) is 3.98. The molecule has 1 saturated heterocycles. The Balaban J connectivity index is 2.35. The molecule has 2 amide bonds. The Morgan fingerprint density at radius 1 is 1.23 bits per heavy atom. The molecule has 1 aromatic carbocycles. The summed E-state index contributed by atoms with van der Waals surface area (Å²) in [4.78, 5) is 24.4. The Bertz CT molecular complexity index is 677. The second-order valence-corrected chi connectivity index (χ2v) is 8.12. The second kappa shape index (κ2) is 5.72. The summed E-state index contributed by atoms with van der Waals surface area (Å²) < 4.78 is 26.0. The van der Waals surface area contributed by atoms with E-state index in [1.54, 1.807) is 39.0 Å². The smallest absolute Gasteiger partial charge is 0.267 e. The SMILES string of the molecule is CC(C)(C)NC(=O)C1CCC(=O)N1S(=O)(=O)c1ccccc1. The number of benzene rings is 1. The van der Waals surface area contributed by atoms with Crippen molar-refractivity contribution in [1.82, 2.24) is 9.62 Å². The van der Waals surface area contributed by atoms with E-state index < -0.39 is 33.4 Å². The molecular weight excluding hydrogens is 304 g/mol. The van der Waals surface area contributed by atoms with Crippen LogP contribution in [0.3, 0.4) is 0 Å². The first-order valence-electron chi connectivity index (χ1n) is 7.07. The van der Waals surface area contributed by atoms with Crippen molar-refractivity contribution >= 4 is 21.8 Å². The molecule has 1 aliphatic rings. The van der Waals surface area contributed by atoms with Gasteiger partial charge in [0.25, 0.3) is 10.0 Å². The third-order valence-electron chi connectivity index (χ3n) is 3.26. The molecule has 0 aliphatic carbocycles. The highest BCUT2D eigenvalue weighted by molar-refractivity contribution is 7.89. The zero-order valence-electron chi connectivity index (χ0n) is 12.9. The predicted octanol–water partition coefficient (Wildman–Crippen LogP) is 1.28. The monoisotopic (exact) mass is 324 g/mol. The number of rotatable bonds is 3. The van der Waals surface area contributed by atoms with Gasteiger partial charge in [-0.1, -0.05) is 18.2 Å². The molecule has 0 aromatic heterocycles. The van der Waals surface area contributed by atoms with Crippen LogP contribution >= 0.6 is 0 Å². The molecule has 1 N–H and O–H groups in total. The molecule has 1 aliphatic heterocycles. The van der Waals surface area contributed by atoms with Crippen LogP contribution in [0, 0.1) is 0 Å². The van der Waals surface area contributed by atoms with Gasteiger partial charge in [0.2, 0.25) is 11.8 Å². The van der Waals surface area contributed by atoms with Crippen LogP contribution in [0.4, 0.5) is 0 Å². The predicted molar refractivity (Wildman–Crippen MR) is 81.4 cm³/mol. The fourth-order valence-electron chi connectivity index (χ4n) is 2.36. The number of hydrogen-bond acceptors (Lipinski definition) is 4. The quantitative estimate of drug-likeness (QED) is 0.908. The Hall–Kier alpha value is -1.89. The van der Waals surface area contributed by atoms with Crippen LogP contribution in [0.15, 0.2) is 35.2 Å². The zero-order chi connectivity index (χ0) is 16.5. The van der Waals surface area contributed by atoms with Gasteiger partial charge in [-0.25, -0.2) is 12.7 Å². The first-order chi connectivity index (χ1) is 10.1. The van der Waals surface area contributed by atoms with Crippen molar-refractivity contribution < 1.29 is 18.0 Å². The standard InChI is InChI=1S/C15H20N2O4S/c1-15(2,3)16-14(19)12-9-10-13(18)17(12)22(20,21)11-7-5-4-6-8-11/h4-8,12H,9-10H2,1-3H3,(H,16,19). The largest absolute Gasteiger partial charge is 0.350 e. The lowest BCUT2D eigenvalue weighted by Crippen LogP contribution is -2.52. The summed E-state index contributed by atoms with van der Waals surface area (Å²) in [6.07, 6.45) is 0.251. The van der Waals surface area contributed by atoms with Gasteiger partial charge < -0.3 is 5.32 Å². The number of carbonyl (C=O) groups excluding carboxylic acids is 2. The number of nitrogens with one attached hydrogen (secondary N) is 1. The maximum absolute atomic E-state index is 12.7. The Morgan fingerprint density at radius 3 is 2.36 bits per heavy atom. The lowest BCUT2D eigenvalue weighted by molar-refractivity contribution is -0.131. The van der Waals surface area contributed by atoms with Gasteiger partial charge >= 0.3 is 0 Å². The summed E-state index contributed by atoms with van der Waals surface area (Å²) in [6.45, 7) is 5.41. The molecular formula is C15H20N2O4S. The summed E-state index contributed by atoms with van der Waals surface area (Å²) in [5.41, 5.74) is -0.495. The Labute approximate surface area is 130 Å². The molecule has 0 spiro atoms. The highest BCUT2D eigenvalue weighted by Gasteiger charge is 2.44. The maximum atomic E-state index is 12.7. The number of sulfonamides is 1. The van der Waals surface area contributed by atoms with E-state index >= 15 is 0 Å². The van der Waals surface area contributed by atoms with Crippen LogP contribution in [0.1, 0.15) is 33.6 Å². The van der Waals surface area contributed by atoms with E-state index in [0.29, 0.717) is 0 Å². The Morgan fingerprint density at radius 2 is 1.82 bits per heavy atom. The third kappa shape index (κ3) is 3.30. The van der Waals surface area contributed by atoms with E-state index in [1.807, 2.05) is 0 Å². The van der Waals surface area contributed by atoms with Crippen molar-refractivity contribution in [2.75, 3.05) is 0 Å². The van der Waals surface area contributed by atoms with Crippen molar-refractivity contribution in [1.29, 1.82) is 0 Å². The first-order valence-corrected chi connectivity index (χ1v) is 8.51. The molecule has 1 atom stereocenters. The van der Waals surface area contributed by atoms with Crippen molar-refractivity contribution in [2.45, 2.75) is 50.1 Å². The summed E-state index contributed by atoms with van der Waals surface area (Å²) in [5.74, 6) is -0.990. The van der Waals surface area contributed by atoms with Crippen LogP contribution in [0.2, 0.25) is 0 Å². The van der Waals surface area contributed by atoms with Crippen LogP contribution < -0.4 is 5.32 Å². The van der Waals surface area contributed by atoms with Gasteiger partial charge in [0, 0.05) is 12.0 Å². The lowest BCUT2D eigenvalue weighted by Gasteiger charge is -2.27. The van der Waals surface area contributed by atoms with E-state index in [1.165, 1.54) is 12.1 Å². The molecule has 22 heavy (non-hydrogen) atoms.